The maximum atomic E-state index is 6.28. The van der Waals surface area contributed by atoms with Gasteiger partial charge in [-0.15, -0.1) is 0 Å². The third kappa shape index (κ3) is 8.03. The largest absolute Gasteiger partial charge is 0.380 e. The van der Waals surface area contributed by atoms with E-state index >= 15 is 0 Å². The molecule has 27 heavy (non-hydrogen) atoms. The zero-order valence-electron chi connectivity index (χ0n) is 19.1. The molecular formula is C24H48O3. The number of hydrogen-bond donors (Lipinski definition) is 0. The predicted molar refractivity (Wildman–Crippen MR) is 115 cm³/mol. The van der Waals surface area contributed by atoms with E-state index in [1.807, 2.05) is 0 Å². The highest BCUT2D eigenvalue weighted by Crippen LogP contribution is 2.40. The van der Waals surface area contributed by atoms with Gasteiger partial charge < -0.3 is 14.2 Å². The highest BCUT2D eigenvalue weighted by atomic mass is 16.7. The van der Waals surface area contributed by atoms with Crippen LogP contribution >= 0.6 is 0 Å². The second kappa shape index (κ2) is 14.0. The van der Waals surface area contributed by atoms with Gasteiger partial charge in [0.1, 0.15) is 0 Å². The van der Waals surface area contributed by atoms with Crippen molar-refractivity contribution in [2.75, 3.05) is 26.4 Å². The van der Waals surface area contributed by atoms with Gasteiger partial charge in [-0.1, -0.05) is 65.7 Å². The molecule has 0 bridgehead atoms. The van der Waals surface area contributed by atoms with Crippen LogP contribution in [0.1, 0.15) is 112 Å². The number of ether oxygens (including phenoxy) is 3. The van der Waals surface area contributed by atoms with E-state index in [0.717, 1.165) is 32.8 Å². The fourth-order valence-electron chi connectivity index (χ4n) is 4.65. The zero-order chi connectivity index (χ0) is 20.0. The molecule has 3 nitrogen and oxygen atoms in total. The van der Waals surface area contributed by atoms with Crippen LogP contribution in [0.4, 0.5) is 0 Å². The third-order valence-electron chi connectivity index (χ3n) is 6.62. The van der Waals surface area contributed by atoms with Crippen molar-refractivity contribution in [2.24, 2.45) is 11.3 Å². The van der Waals surface area contributed by atoms with E-state index in [1.54, 1.807) is 0 Å². The van der Waals surface area contributed by atoms with Gasteiger partial charge in [0.25, 0.3) is 0 Å². The minimum absolute atomic E-state index is 0.386. The van der Waals surface area contributed by atoms with Gasteiger partial charge in [-0.25, -0.2) is 0 Å². The summed E-state index contributed by atoms with van der Waals surface area (Å²) >= 11 is 0. The molecule has 1 unspecified atom stereocenters. The smallest absolute Gasteiger partial charge is 0.170 e. The average molecular weight is 385 g/mol. The molecule has 0 amide bonds. The van der Waals surface area contributed by atoms with E-state index in [0.29, 0.717) is 11.3 Å². The van der Waals surface area contributed by atoms with E-state index in [4.69, 9.17) is 14.2 Å². The molecule has 1 atom stereocenters. The van der Waals surface area contributed by atoms with Crippen LogP contribution in [0.3, 0.4) is 0 Å². The molecule has 162 valence electrons. The van der Waals surface area contributed by atoms with Gasteiger partial charge in [0.15, 0.2) is 5.79 Å². The predicted octanol–water partition coefficient (Wildman–Crippen LogP) is 7.13. The molecule has 0 aliphatic carbocycles. The molecule has 0 radical (unpaired) electrons. The average Bonchev–Trinajstić information content (AvgIpc) is 2.64. The monoisotopic (exact) mass is 384 g/mol. The van der Waals surface area contributed by atoms with Gasteiger partial charge in [0, 0.05) is 24.5 Å². The maximum absolute atomic E-state index is 6.28. The number of rotatable bonds is 18. The van der Waals surface area contributed by atoms with Crippen molar-refractivity contribution in [3.63, 3.8) is 0 Å². The van der Waals surface area contributed by atoms with E-state index in [-0.39, 0.29) is 5.79 Å². The highest BCUT2D eigenvalue weighted by Gasteiger charge is 2.40. The van der Waals surface area contributed by atoms with Gasteiger partial charge in [0.2, 0.25) is 0 Å². The Morgan fingerprint density at radius 2 is 1.41 bits per heavy atom. The van der Waals surface area contributed by atoms with Crippen molar-refractivity contribution < 1.29 is 14.2 Å². The topological polar surface area (TPSA) is 27.7 Å². The molecule has 1 fully saturated rings. The Kier molecular flexibility index (Phi) is 12.9. The molecule has 0 aromatic carbocycles. The Labute approximate surface area is 169 Å². The first-order valence-electron chi connectivity index (χ1n) is 12.0. The second-order valence-electron chi connectivity index (χ2n) is 8.52. The normalized spacial score (nSPS) is 17.7. The molecule has 1 saturated heterocycles. The third-order valence-corrected chi connectivity index (χ3v) is 6.62. The van der Waals surface area contributed by atoms with Gasteiger partial charge in [0.05, 0.1) is 13.2 Å². The van der Waals surface area contributed by atoms with Crippen LogP contribution in [-0.4, -0.2) is 32.2 Å². The van der Waals surface area contributed by atoms with Crippen molar-refractivity contribution in [3.8, 4) is 0 Å². The van der Waals surface area contributed by atoms with Crippen molar-refractivity contribution in [1.82, 2.24) is 0 Å². The van der Waals surface area contributed by atoms with Gasteiger partial charge in [-0.05, 0) is 46.0 Å². The minimum atomic E-state index is -0.386. The summed E-state index contributed by atoms with van der Waals surface area (Å²) in [5.74, 6) is 0.117. The maximum Gasteiger partial charge on any atom is 0.170 e. The summed E-state index contributed by atoms with van der Waals surface area (Å²) in [4.78, 5) is 0. The SMILES string of the molecule is CCCCCCCCC(CCCC1(CC)COC1)C(CC)(OCC)OCC. The van der Waals surface area contributed by atoms with Crippen LogP contribution < -0.4 is 0 Å². The van der Waals surface area contributed by atoms with Crippen LogP contribution in [0.5, 0.6) is 0 Å². The van der Waals surface area contributed by atoms with Gasteiger partial charge in [-0.2, -0.15) is 0 Å². The summed E-state index contributed by atoms with van der Waals surface area (Å²) in [7, 11) is 0. The Morgan fingerprint density at radius 1 is 0.815 bits per heavy atom. The van der Waals surface area contributed by atoms with E-state index in [1.165, 1.54) is 70.6 Å². The van der Waals surface area contributed by atoms with Crippen molar-refractivity contribution >= 4 is 0 Å². The molecule has 1 rings (SSSR count). The molecule has 1 heterocycles. The number of hydrogen-bond acceptors (Lipinski definition) is 3. The van der Waals surface area contributed by atoms with Crippen LogP contribution in [0.2, 0.25) is 0 Å². The first-order chi connectivity index (χ1) is 13.1. The summed E-state index contributed by atoms with van der Waals surface area (Å²) in [5.41, 5.74) is 0.455. The van der Waals surface area contributed by atoms with E-state index < -0.39 is 0 Å². The lowest BCUT2D eigenvalue weighted by Gasteiger charge is -2.43. The van der Waals surface area contributed by atoms with Crippen molar-refractivity contribution in [3.05, 3.63) is 0 Å². The zero-order valence-corrected chi connectivity index (χ0v) is 19.1. The molecule has 1 aliphatic heterocycles. The fourth-order valence-corrected chi connectivity index (χ4v) is 4.65. The Hall–Kier alpha value is -0.120. The Bertz CT molecular complexity index is 340. The number of unbranched alkanes of at least 4 members (excludes halogenated alkanes) is 5. The van der Waals surface area contributed by atoms with Crippen molar-refractivity contribution in [1.29, 1.82) is 0 Å². The van der Waals surface area contributed by atoms with Crippen LogP contribution in [0.15, 0.2) is 0 Å². The Balaban J connectivity index is 2.62. The fraction of sp³-hybridized carbons (Fsp3) is 1.00. The quantitative estimate of drug-likeness (QED) is 0.186. The highest BCUT2D eigenvalue weighted by molar-refractivity contribution is 4.86. The lowest BCUT2D eigenvalue weighted by molar-refractivity contribution is -0.268. The van der Waals surface area contributed by atoms with Crippen molar-refractivity contribution in [2.45, 2.75) is 117 Å². The molecule has 0 N–H and O–H groups in total. The molecule has 0 aromatic heterocycles. The summed E-state index contributed by atoms with van der Waals surface area (Å²) in [6.07, 6.45) is 15.3. The van der Waals surface area contributed by atoms with Gasteiger partial charge >= 0.3 is 0 Å². The van der Waals surface area contributed by atoms with E-state index in [9.17, 15) is 0 Å². The molecule has 1 aliphatic rings. The van der Waals surface area contributed by atoms with Gasteiger partial charge in [-0.3, -0.25) is 0 Å². The van der Waals surface area contributed by atoms with E-state index in [2.05, 4.69) is 34.6 Å². The van der Waals surface area contributed by atoms with Crippen LogP contribution in [0.25, 0.3) is 0 Å². The molecule has 0 spiro atoms. The van der Waals surface area contributed by atoms with Crippen LogP contribution in [-0.2, 0) is 14.2 Å². The summed E-state index contributed by atoms with van der Waals surface area (Å²) < 4.78 is 18.1. The standard InChI is InChI=1S/C24H48O3/c1-6-11-12-13-14-15-17-22(24(8-3,26-9-4)27-10-5)18-16-19-23(7-2)20-25-21-23/h22H,6-21H2,1-5H3. The lowest BCUT2D eigenvalue weighted by atomic mass is 9.76. The molecule has 0 saturated carbocycles. The lowest BCUT2D eigenvalue weighted by Crippen LogP contribution is -2.44. The van der Waals surface area contributed by atoms with Crippen LogP contribution in [0, 0.1) is 11.3 Å². The second-order valence-corrected chi connectivity index (χ2v) is 8.52. The summed E-state index contributed by atoms with van der Waals surface area (Å²) in [6.45, 7) is 14.4. The summed E-state index contributed by atoms with van der Waals surface area (Å²) in [6, 6.07) is 0. The first-order valence-corrected chi connectivity index (χ1v) is 12.0. The minimum Gasteiger partial charge on any atom is -0.380 e. The first kappa shape index (κ1) is 24.9. The molecular weight excluding hydrogens is 336 g/mol. The summed E-state index contributed by atoms with van der Waals surface area (Å²) in [5, 5.41) is 0. The molecule has 0 aromatic rings. The Morgan fingerprint density at radius 3 is 1.89 bits per heavy atom. The molecule has 3 heteroatoms.